The van der Waals surface area contributed by atoms with Gasteiger partial charge in [-0.05, 0) is 40.0 Å². The number of likely N-dealkylation sites (tertiary alicyclic amines) is 1. The van der Waals surface area contributed by atoms with E-state index in [0.717, 1.165) is 8.95 Å². The number of anilines is 1. The number of carbonyl (C=O) groups is 2. The lowest BCUT2D eigenvalue weighted by Crippen LogP contribution is -2.33. The van der Waals surface area contributed by atoms with Crippen molar-refractivity contribution in [3.05, 3.63) is 27.1 Å². The molecule has 0 spiro atoms. The molecule has 2 rings (SSSR count). The highest BCUT2D eigenvalue weighted by molar-refractivity contribution is 9.11. The van der Waals surface area contributed by atoms with Crippen molar-refractivity contribution in [2.75, 3.05) is 18.4 Å². The van der Waals surface area contributed by atoms with Crippen LogP contribution in [0.15, 0.2) is 27.1 Å². The first-order chi connectivity index (χ1) is 9.38. The Morgan fingerprint density at radius 1 is 1.35 bits per heavy atom. The zero-order valence-corrected chi connectivity index (χ0v) is 13.9. The van der Waals surface area contributed by atoms with E-state index in [1.165, 1.54) is 4.90 Å². The van der Waals surface area contributed by atoms with Gasteiger partial charge in [0.05, 0.1) is 11.6 Å². The summed E-state index contributed by atoms with van der Waals surface area (Å²) in [7, 11) is 0. The number of hydrogen-bond donors (Lipinski definition) is 2. The lowest BCUT2D eigenvalue weighted by molar-refractivity contribution is -0.142. The first-order valence-electron chi connectivity index (χ1n) is 6.12. The highest BCUT2D eigenvalue weighted by atomic mass is 79.9. The third-order valence-electron chi connectivity index (χ3n) is 3.39. The second kappa shape index (κ2) is 6.13. The van der Waals surface area contributed by atoms with Crippen LogP contribution in [0.2, 0.25) is 0 Å². The zero-order valence-electron chi connectivity index (χ0n) is 10.8. The number of benzene rings is 1. The van der Waals surface area contributed by atoms with Gasteiger partial charge < -0.3 is 15.3 Å². The van der Waals surface area contributed by atoms with Crippen LogP contribution in [-0.2, 0) is 4.79 Å². The first kappa shape index (κ1) is 15.3. The molecule has 1 fully saturated rings. The van der Waals surface area contributed by atoms with Crippen molar-refractivity contribution in [3.8, 4) is 0 Å². The quantitative estimate of drug-likeness (QED) is 0.792. The second-order valence-corrected chi connectivity index (χ2v) is 6.65. The molecule has 7 heteroatoms. The molecular weight excluding hydrogens is 392 g/mol. The molecule has 0 unspecified atom stereocenters. The summed E-state index contributed by atoms with van der Waals surface area (Å²) < 4.78 is 1.63. The molecule has 1 aromatic carbocycles. The molecule has 0 bridgehead atoms. The minimum Gasteiger partial charge on any atom is -0.481 e. The van der Waals surface area contributed by atoms with E-state index in [4.69, 9.17) is 5.11 Å². The normalized spacial score (nSPS) is 21.9. The lowest BCUT2D eigenvalue weighted by Gasteiger charge is -2.17. The molecule has 1 saturated heterocycles. The average molecular weight is 406 g/mol. The fourth-order valence-corrected chi connectivity index (χ4v) is 2.95. The van der Waals surface area contributed by atoms with E-state index in [2.05, 4.69) is 37.2 Å². The Morgan fingerprint density at radius 2 is 2.05 bits per heavy atom. The molecule has 1 aromatic rings. The number of rotatable bonds is 2. The molecule has 20 heavy (non-hydrogen) atoms. The summed E-state index contributed by atoms with van der Waals surface area (Å²) in [6.07, 6.45) is 0. The maximum Gasteiger partial charge on any atom is 0.321 e. The summed E-state index contributed by atoms with van der Waals surface area (Å²) in [4.78, 5) is 24.8. The minimum atomic E-state index is -0.851. The van der Waals surface area contributed by atoms with Crippen molar-refractivity contribution in [2.45, 2.75) is 6.92 Å². The Balaban J connectivity index is 2.06. The Hall–Kier alpha value is -1.08. The molecule has 1 aliphatic rings. The van der Waals surface area contributed by atoms with E-state index in [-0.39, 0.29) is 18.5 Å². The summed E-state index contributed by atoms with van der Waals surface area (Å²) in [6, 6.07) is 5.19. The molecule has 108 valence electrons. The second-order valence-electron chi connectivity index (χ2n) is 4.88. The third-order valence-corrected chi connectivity index (χ3v) is 4.57. The van der Waals surface area contributed by atoms with Crippen LogP contribution in [0.5, 0.6) is 0 Å². The summed E-state index contributed by atoms with van der Waals surface area (Å²) in [5.41, 5.74) is 0.649. The van der Waals surface area contributed by atoms with Crippen LogP contribution in [0.4, 0.5) is 10.5 Å². The average Bonchev–Trinajstić information content (AvgIpc) is 2.76. The summed E-state index contributed by atoms with van der Waals surface area (Å²) in [5, 5.41) is 11.9. The van der Waals surface area contributed by atoms with E-state index in [9.17, 15) is 9.59 Å². The number of nitrogens with one attached hydrogen (secondary N) is 1. The predicted molar refractivity (Wildman–Crippen MR) is 82.7 cm³/mol. The van der Waals surface area contributed by atoms with Crippen LogP contribution < -0.4 is 5.32 Å². The van der Waals surface area contributed by atoms with E-state index >= 15 is 0 Å². The SMILES string of the molecule is C[C@@H]1CN(C(=O)Nc2cc(Br)ccc2Br)C[C@H]1C(=O)O. The van der Waals surface area contributed by atoms with Crippen LogP contribution in [0, 0.1) is 11.8 Å². The highest BCUT2D eigenvalue weighted by Crippen LogP contribution is 2.28. The number of carboxylic acid groups (broad SMARTS) is 1. The minimum absolute atomic E-state index is 0.0378. The molecule has 2 N–H and O–H groups in total. The van der Waals surface area contributed by atoms with Crippen LogP contribution in [0.3, 0.4) is 0 Å². The van der Waals surface area contributed by atoms with E-state index in [0.29, 0.717) is 12.2 Å². The number of urea groups is 1. The van der Waals surface area contributed by atoms with Gasteiger partial charge in [0.2, 0.25) is 0 Å². The Morgan fingerprint density at radius 3 is 2.65 bits per heavy atom. The standard InChI is InChI=1S/C13H14Br2N2O3/c1-7-5-17(6-9(7)12(18)19)13(20)16-11-4-8(14)2-3-10(11)15/h2-4,7,9H,5-6H2,1H3,(H,16,20)(H,18,19)/t7-,9-/m1/s1. The van der Waals surface area contributed by atoms with Crippen molar-refractivity contribution in [3.63, 3.8) is 0 Å². The number of aliphatic carboxylic acids is 1. The van der Waals surface area contributed by atoms with Crippen molar-refractivity contribution in [1.29, 1.82) is 0 Å². The molecule has 0 aliphatic carbocycles. The zero-order chi connectivity index (χ0) is 14.9. The largest absolute Gasteiger partial charge is 0.481 e. The van der Waals surface area contributed by atoms with Crippen LogP contribution >= 0.6 is 31.9 Å². The van der Waals surface area contributed by atoms with Gasteiger partial charge in [-0.25, -0.2) is 4.79 Å². The summed E-state index contributed by atoms with van der Waals surface area (Å²) in [6.45, 7) is 2.55. The monoisotopic (exact) mass is 404 g/mol. The predicted octanol–water partition coefficient (Wildman–Crippen LogP) is 3.40. The molecule has 0 saturated carbocycles. The topological polar surface area (TPSA) is 69.6 Å². The van der Waals surface area contributed by atoms with Crippen molar-refractivity contribution < 1.29 is 14.7 Å². The number of nitrogens with zero attached hydrogens (tertiary/aromatic N) is 1. The molecular formula is C13H14Br2N2O3. The molecule has 1 aliphatic heterocycles. The maximum atomic E-state index is 12.2. The number of halogens is 2. The van der Waals surface area contributed by atoms with E-state index in [1.54, 1.807) is 6.07 Å². The number of carbonyl (C=O) groups excluding carboxylic acids is 1. The van der Waals surface area contributed by atoms with E-state index in [1.807, 2.05) is 19.1 Å². The van der Waals surface area contributed by atoms with Gasteiger partial charge in [0.25, 0.3) is 0 Å². The molecule has 1 heterocycles. The van der Waals surface area contributed by atoms with Gasteiger partial charge in [-0.3, -0.25) is 4.79 Å². The Kier molecular flexibility index (Phi) is 4.70. The van der Waals surface area contributed by atoms with Crippen molar-refractivity contribution in [2.24, 2.45) is 11.8 Å². The van der Waals surface area contributed by atoms with Crippen molar-refractivity contribution in [1.82, 2.24) is 4.90 Å². The van der Waals surface area contributed by atoms with Gasteiger partial charge in [0.1, 0.15) is 0 Å². The van der Waals surface area contributed by atoms with E-state index < -0.39 is 11.9 Å². The van der Waals surface area contributed by atoms with Gasteiger partial charge in [0, 0.05) is 22.0 Å². The summed E-state index contributed by atoms with van der Waals surface area (Å²) in [5.74, 6) is -1.38. The summed E-state index contributed by atoms with van der Waals surface area (Å²) >= 11 is 6.71. The van der Waals surface area contributed by atoms with Gasteiger partial charge in [-0.2, -0.15) is 0 Å². The molecule has 5 nitrogen and oxygen atoms in total. The fraction of sp³-hybridized carbons (Fsp3) is 0.385. The molecule has 2 amide bonds. The molecule has 2 atom stereocenters. The Labute approximate surface area is 133 Å². The highest BCUT2D eigenvalue weighted by Gasteiger charge is 2.37. The van der Waals surface area contributed by atoms with Crippen molar-refractivity contribution >= 4 is 49.5 Å². The number of carboxylic acids is 1. The van der Waals surface area contributed by atoms with Crippen LogP contribution in [0.25, 0.3) is 0 Å². The van der Waals surface area contributed by atoms with Crippen LogP contribution in [-0.4, -0.2) is 35.1 Å². The van der Waals surface area contributed by atoms with Gasteiger partial charge in [-0.1, -0.05) is 22.9 Å². The molecule has 0 radical (unpaired) electrons. The molecule has 0 aromatic heterocycles. The maximum absolute atomic E-state index is 12.2. The van der Waals surface area contributed by atoms with Gasteiger partial charge in [0.15, 0.2) is 0 Å². The third kappa shape index (κ3) is 3.32. The Bertz CT molecular complexity index is 550. The smallest absolute Gasteiger partial charge is 0.321 e. The van der Waals surface area contributed by atoms with Crippen LogP contribution in [0.1, 0.15) is 6.92 Å². The number of hydrogen-bond acceptors (Lipinski definition) is 2. The van der Waals surface area contributed by atoms with Gasteiger partial charge in [-0.15, -0.1) is 0 Å². The number of amides is 2. The fourth-order valence-electron chi connectivity index (χ4n) is 2.24. The van der Waals surface area contributed by atoms with Gasteiger partial charge >= 0.3 is 12.0 Å². The first-order valence-corrected chi connectivity index (χ1v) is 7.71. The lowest BCUT2D eigenvalue weighted by atomic mass is 9.99.